The molecule has 0 aliphatic carbocycles. The van der Waals surface area contributed by atoms with E-state index >= 15 is 0 Å². The van der Waals surface area contributed by atoms with Crippen molar-refractivity contribution in [2.75, 3.05) is 13.2 Å². The van der Waals surface area contributed by atoms with Crippen LogP contribution in [0.4, 0.5) is 0 Å². The SMILES string of the molecule is C=CN(/C=C\CC)CCOc1cnc(-c2ccccn2)nc1. The molecule has 2 aromatic heterocycles. The van der Waals surface area contributed by atoms with Gasteiger partial charge in [-0.3, -0.25) is 4.98 Å². The molecule has 2 heterocycles. The molecule has 0 bridgehead atoms. The third-order valence-electron chi connectivity index (χ3n) is 2.91. The van der Waals surface area contributed by atoms with Crippen molar-refractivity contribution in [1.82, 2.24) is 19.9 Å². The second kappa shape index (κ2) is 8.56. The summed E-state index contributed by atoms with van der Waals surface area (Å²) >= 11 is 0. The van der Waals surface area contributed by atoms with Gasteiger partial charge >= 0.3 is 0 Å². The van der Waals surface area contributed by atoms with Gasteiger partial charge in [0.05, 0.1) is 18.9 Å². The Morgan fingerprint density at radius 1 is 1.23 bits per heavy atom. The molecule has 0 unspecified atom stereocenters. The van der Waals surface area contributed by atoms with Crippen LogP contribution in [0.15, 0.2) is 61.8 Å². The van der Waals surface area contributed by atoms with Crippen LogP contribution in [0.3, 0.4) is 0 Å². The van der Waals surface area contributed by atoms with Crippen LogP contribution in [-0.2, 0) is 0 Å². The topological polar surface area (TPSA) is 51.1 Å². The maximum atomic E-state index is 5.64. The first kappa shape index (κ1) is 15.7. The first-order valence-corrected chi connectivity index (χ1v) is 7.24. The smallest absolute Gasteiger partial charge is 0.178 e. The predicted molar refractivity (Wildman–Crippen MR) is 87.1 cm³/mol. The fraction of sp³-hybridized carbons (Fsp3) is 0.235. The first-order chi connectivity index (χ1) is 10.8. The maximum absolute atomic E-state index is 5.64. The number of hydrogen-bond donors (Lipinski definition) is 0. The minimum Gasteiger partial charge on any atom is -0.488 e. The van der Waals surface area contributed by atoms with Crippen molar-refractivity contribution in [2.45, 2.75) is 13.3 Å². The summed E-state index contributed by atoms with van der Waals surface area (Å²) in [7, 11) is 0. The van der Waals surface area contributed by atoms with E-state index in [4.69, 9.17) is 4.74 Å². The van der Waals surface area contributed by atoms with Gasteiger partial charge < -0.3 is 9.64 Å². The predicted octanol–water partition coefficient (Wildman–Crippen LogP) is 3.29. The largest absolute Gasteiger partial charge is 0.488 e. The van der Waals surface area contributed by atoms with Gasteiger partial charge in [-0.05, 0) is 31.0 Å². The van der Waals surface area contributed by atoms with Crippen molar-refractivity contribution in [3.05, 3.63) is 61.8 Å². The molecule has 0 fully saturated rings. The van der Waals surface area contributed by atoms with Crippen molar-refractivity contribution < 1.29 is 4.74 Å². The van der Waals surface area contributed by atoms with Crippen LogP contribution in [0.25, 0.3) is 11.5 Å². The molecular formula is C17H20N4O. The molecule has 5 heteroatoms. The van der Waals surface area contributed by atoms with Gasteiger partial charge in [-0.1, -0.05) is 25.6 Å². The van der Waals surface area contributed by atoms with Gasteiger partial charge in [-0.15, -0.1) is 0 Å². The Labute approximate surface area is 131 Å². The zero-order chi connectivity index (χ0) is 15.6. The second-order valence-electron chi connectivity index (χ2n) is 4.52. The van der Waals surface area contributed by atoms with Gasteiger partial charge in [0.1, 0.15) is 12.3 Å². The highest BCUT2D eigenvalue weighted by Gasteiger charge is 2.03. The summed E-state index contributed by atoms with van der Waals surface area (Å²) in [6.45, 7) is 7.12. The van der Waals surface area contributed by atoms with E-state index in [2.05, 4.69) is 34.5 Å². The maximum Gasteiger partial charge on any atom is 0.178 e. The molecule has 0 saturated heterocycles. The van der Waals surface area contributed by atoms with Crippen LogP contribution in [-0.4, -0.2) is 33.0 Å². The quantitative estimate of drug-likeness (QED) is 0.748. The zero-order valence-corrected chi connectivity index (χ0v) is 12.7. The molecule has 2 aromatic rings. The van der Waals surface area contributed by atoms with Crippen LogP contribution in [0.5, 0.6) is 5.75 Å². The highest BCUT2D eigenvalue weighted by atomic mass is 16.5. The fourth-order valence-corrected chi connectivity index (χ4v) is 1.75. The van der Waals surface area contributed by atoms with Crippen LogP contribution < -0.4 is 4.74 Å². The van der Waals surface area contributed by atoms with Gasteiger partial charge in [-0.2, -0.15) is 0 Å². The summed E-state index contributed by atoms with van der Waals surface area (Å²) in [5.41, 5.74) is 0.747. The number of hydrogen-bond acceptors (Lipinski definition) is 5. The average Bonchev–Trinajstić information content (AvgIpc) is 2.59. The Balaban J connectivity index is 1.87. The summed E-state index contributed by atoms with van der Waals surface area (Å²) in [4.78, 5) is 14.7. The van der Waals surface area contributed by atoms with Crippen molar-refractivity contribution >= 4 is 0 Å². The highest BCUT2D eigenvalue weighted by molar-refractivity contribution is 5.48. The van der Waals surface area contributed by atoms with Crippen molar-refractivity contribution in [3.63, 3.8) is 0 Å². The molecule has 0 aliphatic rings. The molecule has 0 spiro atoms. The standard InChI is InChI=1S/C17H20N4O/c1-3-5-10-21(4-2)11-12-22-15-13-19-17(20-14-15)16-8-6-7-9-18-16/h4-10,13-14H,2-3,11-12H2,1H3/b10-5-. The summed E-state index contributed by atoms with van der Waals surface area (Å²) in [5.74, 6) is 1.23. The molecule has 5 nitrogen and oxygen atoms in total. The third-order valence-corrected chi connectivity index (χ3v) is 2.91. The molecule has 0 amide bonds. The normalized spacial score (nSPS) is 10.6. The van der Waals surface area contributed by atoms with E-state index in [0.29, 0.717) is 18.2 Å². The molecule has 114 valence electrons. The summed E-state index contributed by atoms with van der Waals surface area (Å²) < 4.78 is 5.64. The number of rotatable bonds is 8. The van der Waals surface area contributed by atoms with Gasteiger partial charge in [0.15, 0.2) is 11.6 Å². The second-order valence-corrected chi connectivity index (χ2v) is 4.52. The monoisotopic (exact) mass is 296 g/mol. The van der Waals surface area contributed by atoms with Gasteiger partial charge in [-0.25, -0.2) is 9.97 Å². The fourth-order valence-electron chi connectivity index (χ4n) is 1.75. The Morgan fingerprint density at radius 2 is 2.05 bits per heavy atom. The number of nitrogens with zero attached hydrogens (tertiary/aromatic N) is 4. The minimum atomic E-state index is 0.534. The lowest BCUT2D eigenvalue weighted by molar-refractivity contribution is 0.282. The number of allylic oxidation sites excluding steroid dienone is 1. The van der Waals surface area contributed by atoms with Crippen LogP contribution >= 0.6 is 0 Å². The van der Waals surface area contributed by atoms with Crippen LogP contribution in [0.2, 0.25) is 0 Å². The average molecular weight is 296 g/mol. The van der Waals surface area contributed by atoms with E-state index < -0.39 is 0 Å². The van der Waals surface area contributed by atoms with E-state index in [1.807, 2.05) is 29.3 Å². The number of aromatic nitrogens is 3. The molecule has 0 saturated carbocycles. The molecule has 2 rings (SSSR count). The number of pyridine rings is 1. The van der Waals surface area contributed by atoms with Gasteiger partial charge in [0.25, 0.3) is 0 Å². The molecule has 0 aromatic carbocycles. The van der Waals surface area contributed by atoms with E-state index in [-0.39, 0.29) is 0 Å². The van der Waals surface area contributed by atoms with Crippen molar-refractivity contribution in [3.8, 4) is 17.3 Å². The first-order valence-electron chi connectivity index (χ1n) is 7.24. The Bertz CT molecular complexity index is 596. The summed E-state index contributed by atoms with van der Waals surface area (Å²) in [5, 5.41) is 0. The number of ether oxygens (including phenoxy) is 1. The van der Waals surface area contributed by atoms with Crippen LogP contribution in [0, 0.1) is 0 Å². The Morgan fingerprint density at radius 3 is 2.68 bits per heavy atom. The molecule has 0 N–H and O–H groups in total. The van der Waals surface area contributed by atoms with Gasteiger partial charge in [0, 0.05) is 6.20 Å². The van der Waals surface area contributed by atoms with Crippen LogP contribution in [0.1, 0.15) is 13.3 Å². The van der Waals surface area contributed by atoms with Gasteiger partial charge in [0.2, 0.25) is 0 Å². The molecular weight excluding hydrogens is 276 g/mol. The Kier molecular flexibility index (Phi) is 6.11. The third kappa shape index (κ3) is 4.70. The molecule has 22 heavy (non-hydrogen) atoms. The lowest BCUT2D eigenvalue weighted by atomic mass is 10.3. The summed E-state index contributed by atoms with van der Waals surface area (Å²) in [6.07, 6.45) is 11.9. The lowest BCUT2D eigenvalue weighted by Crippen LogP contribution is -2.17. The van der Waals surface area contributed by atoms with E-state index in [1.165, 1.54) is 0 Å². The van der Waals surface area contributed by atoms with E-state index in [0.717, 1.165) is 18.7 Å². The Hall–Kier alpha value is -2.69. The van der Waals surface area contributed by atoms with E-state index in [9.17, 15) is 0 Å². The molecule has 0 radical (unpaired) electrons. The van der Waals surface area contributed by atoms with Crippen molar-refractivity contribution in [2.24, 2.45) is 0 Å². The molecule has 0 atom stereocenters. The van der Waals surface area contributed by atoms with Crippen molar-refractivity contribution in [1.29, 1.82) is 0 Å². The van der Waals surface area contributed by atoms with E-state index in [1.54, 1.807) is 24.8 Å². The molecule has 0 aliphatic heterocycles. The zero-order valence-electron chi connectivity index (χ0n) is 12.7. The lowest BCUT2D eigenvalue weighted by Gasteiger charge is -2.15. The minimum absolute atomic E-state index is 0.534. The summed E-state index contributed by atoms with van der Waals surface area (Å²) in [6, 6.07) is 5.64. The highest BCUT2D eigenvalue weighted by Crippen LogP contribution is 2.13.